The fourth-order valence-electron chi connectivity index (χ4n) is 3.47. The van der Waals surface area contributed by atoms with Crippen molar-refractivity contribution in [2.24, 2.45) is 0 Å². The summed E-state index contributed by atoms with van der Waals surface area (Å²) in [6.07, 6.45) is 0. The molecule has 2 aromatic rings. The van der Waals surface area contributed by atoms with Crippen molar-refractivity contribution in [2.45, 2.75) is 13.0 Å². The topological polar surface area (TPSA) is 107 Å². The summed E-state index contributed by atoms with van der Waals surface area (Å²) in [7, 11) is 6.06. The van der Waals surface area contributed by atoms with Crippen LogP contribution in [0.5, 0.6) is 23.0 Å². The smallest absolute Gasteiger partial charge is 0.319 e. The average molecular weight is 427 g/mol. The van der Waals surface area contributed by atoms with Gasteiger partial charge in [-0.3, -0.25) is 4.79 Å². The van der Waals surface area contributed by atoms with Crippen LogP contribution in [0.1, 0.15) is 18.5 Å². The third-order valence-corrected chi connectivity index (χ3v) is 4.91. The Morgan fingerprint density at radius 3 is 2.35 bits per heavy atom. The summed E-state index contributed by atoms with van der Waals surface area (Å²) in [4.78, 5) is 25.6. The maximum absolute atomic E-state index is 13.4. The highest BCUT2D eigenvalue weighted by atomic mass is 16.5. The average Bonchev–Trinajstić information content (AvgIpc) is 2.77. The van der Waals surface area contributed by atoms with Crippen LogP contribution in [-0.2, 0) is 4.79 Å². The van der Waals surface area contributed by atoms with Gasteiger partial charge in [-0.05, 0) is 25.1 Å². The number of urea groups is 1. The van der Waals surface area contributed by atoms with Crippen molar-refractivity contribution in [3.8, 4) is 23.0 Å². The maximum atomic E-state index is 13.4. The first-order valence-electron chi connectivity index (χ1n) is 9.46. The number of carbonyl (C=O) groups is 2. The first kappa shape index (κ1) is 21.8. The van der Waals surface area contributed by atoms with Gasteiger partial charge in [-0.2, -0.15) is 0 Å². The standard InChI is InChI=1S/C22H25N3O6/c1-12-18(21(26)24-15-11-13(28-2)9-10-16(15)29-3)19(25-22(27)23-12)14-7-6-8-17(30-4)20(14)31-5/h6-11,19H,1-5H3,(H,24,26)(H2,23,25,27)/t19-/m1/s1. The number of allylic oxidation sites excluding steroid dienone is 1. The first-order chi connectivity index (χ1) is 14.9. The molecule has 3 amide bonds. The van der Waals surface area contributed by atoms with Gasteiger partial charge in [0.05, 0.1) is 45.7 Å². The molecule has 0 fully saturated rings. The van der Waals surface area contributed by atoms with Gasteiger partial charge in [0.15, 0.2) is 11.5 Å². The molecule has 1 heterocycles. The summed E-state index contributed by atoms with van der Waals surface area (Å²) in [5.74, 6) is 1.51. The molecule has 9 heteroatoms. The third kappa shape index (κ3) is 4.35. The largest absolute Gasteiger partial charge is 0.497 e. The molecule has 31 heavy (non-hydrogen) atoms. The van der Waals surface area contributed by atoms with E-state index in [9.17, 15) is 9.59 Å². The lowest BCUT2D eigenvalue weighted by Gasteiger charge is -2.30. The molecule has 2 aromatic carbocycles. The van der Waals surface area contributed by atoms with Crippen LogP contribution in [0.3, 0.4) is 0 Å². The molecule has 0 saturated heterocycles. The second-order valence-electron chi connectivity index (χ2n) is 6.67. The molecule has 0 aromatic heterocycles. The summed E-state index contributed by atoms with van der Waals surface area (Å²) in [5.41, 5.74) is 1.74. The van der Waals surface area contributed by atoms with Crippen LogP contribution in [0.25, 0.3) is 0 Å². The normalized spacial score (nSPS) is 15.5. The zero-order valence-electron chi connectivity index (χ0n) is 18.0. The van der Waals surface area contributed by atoms with E-state index in [-0.39, 0.29) is 0 Å². The summed E-state index contributed by atoms with van der Waals surface area (Å²) < 4.78 is 21.5. The Morgan fingerprint density at radius 1 is 0.968 bits per heavy atom. The number of ether oxygens (including phenoxy) is 4. The lowest BCUT2D eigenvalue weighted by atomic mass is 9.93. The van der Waals surface area contributed by atoms with E-state index in [0.717, 1.165) is 0 Å². The van der Waals surface area contributed by atoms with Crippen molar-refractivity contribution >= 4 is 17.6 Å². The molecule has 1 aliphatic heterocycles. The molecule has 0 spiro atoms. The minimum Gasteiger partial charge on any atom is -0.497 e. The lowest BCUT2D eigenvalue weighted by Crippen LogP contribution is -2.46. The Balaban J connectivity index is 2.05. The van der Waals surface area contributed by atoms with Crippen LogP contribution in [0.2, 0.25) is 0 Å². The van der Waals surface area contributed by atoms with Crippen molar-refractivity contribution in [1.29, 1.82) is 0 Å². The van der Waals surface area contributed by atoms with Gasteiger partial charge in [-0.25, -0.2) is 4.79 Å². The molecule has 3 N–H and O–H groups in total. The summed E-state index contributed by atoms with van der Waals surface area (Å²) in [6.45, 7) is 1.66. The summed E-state index contributed by atoms with van der Waals surface area (Å²) in [5, 5.41) is 8.30. The Labute approximate surface area is 180 Å². The highest BCUT2D eigenvalue weighted by Crippen LogP contribution is 2.39. The molecular weight excluding hydrogens is 402 g/mol. The molecule has 1 atom stereocenters. The summed E-state index contributed by atoms with van der Waals surface area (Å²) in [6, 6.07) is 9.15. The predicted octanol–water partition coefficient (Wildman–Crippen LogP) is 2.99. The minimum absolute atomic E-state index is 0.316. The van der Waals surface area contributed by atoms with Crippen LogP contribution in [0, 0.1) is 0 Å². The van der Waals surface area contributed by atoms with E-state index in [0.29, 0.717) is 45.5 Å². The second kappa shape index (κ2) is 9.29. The number of benzene rings is 2. The van der Waals surface area contributed by atoms with Crippen LogP contribution < -0.4 is 34.9 Å². The van der Waals surface area contributed by atoms with Crippen LogP contribution >= 0.6 is 0 Å². The number of hydrogen-bond donors (Lipinski definition) is 3. The zero-order chi connectivity index (χ0) is 22.5. The first-order valence-corrected chi connectivity index (χ1v) is 9.46. The monoisotopic (exact) mass is 427 g/mol. The highest BCUT2D eigenvalue weighted by molar-refractivity contribution is 6.07. The van der Waals surface area contributed by atoms with E-state index in [4.69, 9.17) is 18.9 Å². The number of anilines is 1. The molecule has 0 unspecified atom stereocenters. The maximum Gasteiger partial charge on any atom is 0.319 e. The van der Waals surface area contributed by atoms with Crippen LogP contribution in [0.15, 0.2) is 47.7 Å². The second-order valence-corrected chi connectivity index (χ2v) is 6.67. The van der Waals surface area contributed by atoms with Crippen molar-refractivity contribution < 1.29 is 28.5 Å². The van der Waals surface area contributed by atoms with Gasteiger partial charge in [0.25, 0.3) is 5.91 Å². The van der Waals surface area contributed by atoms with Crippen LogP contribution in [0.4, 0.5) is 10.5 Å². The Bertz CT molecular complexity index is 1030. The number of carbonyl (C=O) groups excluding carboxylic acids is 2. The zero-order valence-corrected chi connectivity index (χ0v) is 18.0. The molecule has 164 valence electrons. The van der Waals surface area contributed by atoms with Gasteiger partial charge in [0.2, 0.25) is 0 Å². The minimum atomic E-state index is -0.768. The summed E-state index contributed by atoms with van der Waals surface area (Å²) >= 11 is 0. The van der Waals surface area contributed by atoms with Gasteiger partial charge in [-0.15, -0.1) is 0 Å². The number of methoxy groups -OCH3 is 4. The molecule has 0 aliphatic carbocycles. The predicted molar refractivity (Wildman–Crippen MR) is 115 cm³/mol. The van der Waals surface area contributed by atoms with Crippen molar-refractivity contribution in [1.82, 2.24) is 10.6 Å². The van der Waals surface area contributed by atoms with Crippen molar-refractivity contribution in [3.63, 3.8) is 0 Å². The molecule has 0 radical (unpaired) electrons. The van der Waals surface area contributed by atoms with E-state index >= 15 is 0 Å². The molecule has 3 rings (SSSR count). The van der Waals surface area contributed by atoms with E-state index in [2.05, 4.69) is 16.0 Å². The van der Waals surface area contributed by atoms with Gasteiger partial charge in [-0.1, -0.05) is 12.1 Å². The Morgan fingerprint density at radius 2 is 1.71 bits per heavy atom. The molecular formula is C22H25N3O6. The van der Waals surface area contributed by atoms with E-state index in [1.165, 1.54) is 28.4 Å². The molecule has 0 bridgehead atoms. The molecule has 0 saturated carbocycles. The van der Waals surface area contributed by atoms with Gasteiger partial charge in [0, 0.05) is 17.3 Å². The number of nitrogens with one attached hydrogen (secondary N) is 3. The Hall–Kier alpha value is -3.88. The van der Waals surface area contributed by atoms with Gasteiger partial charge >= 0.3 is 6.03 Å². The van der Waals surface area contributed by atoms with E-state index in [1.807, 2.05) is 0 Å². The number of rotatable bonds is 7. The van der Waals surface area contributed by atoms with Crippen LogP contribution in [-0.4, -0.2) is 40.4 Å². The number of para-hydroxylation sites is 1. The fraction of sp³-hybridized carbons (Fsp3) is 0.273. The Kier molecular flexibility index (Phi) is 6.54. The van der Waals surface area contributed by atoms with Gasteiger partial charge in [0.1, 0.15) is 11.5 Å². The lowest BCUT2D eigenvalue weighted by molar-refractivity contribution is -0.113. The number of amides is 3. The highest BCUT2D eigenvalue weighted by Gasteiger charge is 2.34. The number of hydrogen-bond acceptors (Lipinski definition) is 6. The van der Waals surface area contributed by atoms with E-state index < -0.39 is 18.0 Å². The quantitative estimate of drug-likeness (QED) is 0.627. The molecule has 9 nitrogen and oxygen atoms in total. The van der Waals surface area contributed by atoms with E-state index in [1.54, 1.807) is 43.3 Å². The van der Waals surface area contributed by atoms with Gasteiger partial charge < -0.3 is 34.9 Å². The third-order valence-electron chi connectivity index (χ3n) is 4.91. The fourth-order valence-corrected chi connectivity index (χ4v) is 3.47. The van der Waals surface area contributed by atoms with Crippen molar-refractivity contribution in [2.75, 3.05) is 33.8 Å². The SMILES string of the molecule is COc1ccc(OC)c(NC(=O)C2=C(C)NC(=O)N[C@@H]2c2cccc(OC)c2OC)c1. The van der Waals surface area contributed by atoms with Crippen molar-refractivity contribution in [3.05, 3.63) is 53.2 Å². The molecule has 1 aliphatic rings.